The summed E-state index contributed by atoms with van der Waals surface area (Å²) in [5, 5.41) is 0.0451. The summed E-state index contributed by atoms with van der Waals surface area (Å²) in [6.45, 7) is 0.612. The number of aryl methyl sites for hydroxylation is 1. The van der Waals surface area contributed by atoms with Crippen LogP contribution >= 0.6 is 11.6 Å². The van der Waals surface area contributed by atoms with Crippen LogP contribution in [0.5, 0.6) is 0 Å². The minimum absolute atomic E-state index is 0.0451. The molecule has 0 saturated carbocycles. The van der Waals surface area contributed by atoms with Crippen LogP contribution in [0.4, 0.5) is 8.78 Å². The van der Waals surface area contributed by atoms with E-state index in [2.05, 4.69) is 9.97 Å². The highest BCUT2D eigenvalue weighted by Crippen LogP contribution is 2.26. The van der Waals surface area contributed by atoms with Gasteiger partial charge in [-0.2, -0.15) is 0 Å². The van der Waals surface area contributed by atoms with Crippen LogP contribution in [0.2, 0.25) is 5.02 Å². The van der Waals surface area contributed by atoms with Gasteiger partial charge in [-0.1, -0.05) is 11.6 Å². The first-order chi connectivity index (χ1) is 12.6. The molecule has 0 spiro atoms. The van der Waals surface area contributed by atoms with Crippen molar-refractivity contribution in [2.24, 2.45) is 0 Å². The molecule has 134 valence electrons. The van der Waals surface area contributed by atoms with Crippen LogP contribution in [0, 0.1) is 11.6 Å². The van der Waals surface area contributed by atoms with Gasteiger partial charge in [-0.15, -0.1) is 0 Å². The van der Waals surface area contributed by atoms with Gasteiger partial charge >= 0.3 is 0 Å². The summed E-state index contributed by atoms with van der Waals surface area (Å²) in [6, 6.07) is 12.4. The Morgan fingerprint density at radius 2 is 1.69 bits per heavy atom. The molecular weight excluding hydrogens is 358 g/mol. The molecule has 1 heterocycles. The monoisotopic (exact) mass is 374 g/mol. The fourth-order valence-electron chi connectivity index (χ4n) is 2.56. The van der Waals surface area contributed by atoms with Crippen LogP contribution < -0.4 is 0 Å². The van der Waals surface area contributed by atoms with Gasteiger partial charge in [0.1, 0.15) is 11.6 Å². The molecule has 0 fully saturated rings. The maximum atomic E-state index is 13.8. The number of hydrogen-bond donors (Lipinski definition) is 0. The molecule has 3 nitrogen and oxygen atoms in total. The summed E-state index contributed by atoms with van der Waals surface area (Å²) in [6.07, 6.45) is 1.48. The van der Waals surface area contributed by atoms with E-state index in [-0.39, 0.29) is 10.8 Å². The average Bonchev–Trinajstić information content (AvgIpc) is 2.64. The zero-order valence-corrected chi connectivity index (χ0v) is 14.9. The van der Waals surface area contributed by atoms with Gasteiger partial charge in [-0.3, -0.25) is 0 Å². The Labute approximate surface area is 155 Å². The molecule has 0 aliphatic heterocycles. The largest absolute Gasteiger partial charge is 0.385 e. The Morgan fingerprint density at radius 3 is 2.38 bits per heavy atom. The molecule has 26 heavy (non-hydrogen) atoms. The molecule has 2 aromatic carbocycles. The van der Waals surface area contributed by atoms with Crippen LogP contribution in [0.1, 0.15) is 12.1 Å². The van der Waals surface area contributed by atoms with Crippen LogP contribution in [-0.4, -0.2) is 23.7 Å². The molecule has 3 rings (SSSR count). The lowest BCUT2D eigenvalue weighted by atomic mass is 10.1. The summed E-state index contributed by atoms with van der Waals surface area (Å²) < 4.78 is 32.1. The van der Waals surface area contributed by atoms with Crippen molar-refractivity contribution in [2.75, 3.05) is 13.7 Å². The maximum Gasteiger partial charge on any atom is 0.160 e. The van der Waals surface area contributed by atoms with Gasteiger partial charge in [-0.25, -0.2) is 18.7 Å². The summed E-state index contributed by atoms with van der Waals surface area (Å²) in [4.78, 5) is 9.07. The van der Waals surface area contributed by atoms with E-state index in [4.69, 9.17) is 16.3 Å². The number of nitrogens with zero attached hydrogens (tertiary/aromatic N) is 2. The molecule has 1 aromatic heterocycles. The number of aromatic nitrogens is 2. The molecule has 0 saturated heterocycles. The third kappa shape index (κ3) is 4.42. The number of methoxy groups -OCH3 is 1. The molecule has 0 bridgehead atoms. The van der Waals surface area contributed by atoms with Crippen molar-refractivity contribution in [3.8, 4) is 22.6 Å². The van der Waals surface area contributed by atoms with Gasteiger partial charge in [0.05, 0.1) is 10.7 Å². The van der Waals surface area contributed by atoms with Crippen molar-refractivity contribution in [3.63, 3.8) is 0 Å². The predicted molar refractivity (Wildman–Crippen MR) is 98.0 cm³/mol. The normalized spacial score (nSPS) is 10.9. The molecule has 0 aliphatic carbocycles. The molecular formula is C20H17ClF2N2O. The number of ether oxygens (including phenoxy) is 1. The van der Waals surface area contributed by atoms with E-state index in [1.165, 1.54) is 24.3 Å². The Morgan fingerprint density at radius 1 is 0.962 bits per heavy atom. The zero-order valence-electron chi connectivity index (χ0n) is 14.2. The quantitative estimate of drug-likeness (QED) is 0.547. The summed E-state index contributed by atoms with van der Waals surface area (Å²) in [7, 11) is 1.64. The summed E-state index contributed by atoms with van der Waals surface area (Å²) >= 11 is 5.76. The van der Waals surface area contributed by atoms with Crippen LogP contribution in [0.25, 0.3) is 22.6 Å². The molecule has 0 N–H and O–H groups in total. The lowest BCUT2D eigenvalue weighted by Gasteiger charge is -2.09. The Bertz CT molecular complexity index is 901. The second kappa shape index (κ2) is 8.34. The SMILES string of the molecule is COCCCc1cc(-c2ccc(F)cc2)nc(-c2ccc(Cl)c(F)c2)n1. The van der Waals surface area contributed by atoms with Gasteiger partial charge in [0.2, 0.25) is 0 Å². The molecule has 0 aliphatic rings. The first-order valence-corrected chi connectivity index (χ1v) is 8.53. The average molecular weight is 375 g/mol. The highest BCUT2D eigenvalue weighted by molar-refractivity contribution is 6.30. The summed E-state index contributed by atoms with van der Waals surface area (Å²) in [5.74, 6) is -0.446. The van der Waals surface area contributed by atoms with E-state index in [9.17, 15) is 8.78 Å². The first kappa shape index (κ1) is 18.4. The molecule has 0 atom stereocenters. The highest BCUT2D eigenvalue weighted by atomic mass is 35.5. The number of rotatable bonds is 6. The van der Waals surface area contributed by atoms with Crippen molar-refractivity contribution in [2.45, 2.75) is 12.8 Å². The third-order valence-corrected chi connectivity index (χ3v) is 4.18. The van der Waals surface area contributed by atoms with Crippen molar-refractivity contribution in [1.82, 2.24) is 9.97 Å². The second-order valence-corrected chi connectivity index (χ2v) is 6.21. The highest BCUT2D eigenvalue weighted by Gasteiger charge is 2.11. The predicted octanol–water partition coefficient (Wildman–Crippen LogP) is 5.32. The van der Waals surface area contributed by atoms with E-state index >= 15 is 0 Å². The van der Waals surface area contributed by atoms with Gasteiger partial charge in [0.15, 0.2) is 5.82 Å². The van der Waals surface area contributed by atoms with E-state index < -0.39 is 5.82 Å². The Hall–Kier alpha value is -2.37. The number of halogens is 3. The second-order valence-electron chi connectivity index (χ2n) is 5.80. The van der Waals surface area contributed by atoms with Gasteiger partial charge in [0, 0.05) is 30.5 Å². The van der Waals surface area contributed by atoms with Gasteiger partial charge in [0.25, 0.3) is 0 Å². The van der Waals surface area contributed by atoms with E-state index in [1.54, 1.807) is 25.3 Å². The van der Waals surface area contributed by atoms with Crippen molar-refractivity contribution >= 4 is 11.6 Å². The molecule has 0 radical (unpaired) electrons. The standard InChI is InChI=1S/C20H17ClF2N2O/c1-26-10-2-3-16-12-19(13-4-7-15(22)8-5-13)25-20(24-16)14-6-9-17(21)18(23)11-14/h4-9,11-12H,2-3,10H2,1H3. The fraction of sp³-hybridized carbons (Fsp3) is 0.200. The lowest BCUT2D eigenvalue weighted by Crippen LogP contribution is -2.01. The topological polar surface area (TPSA) is 35.0 Å². The molecule has 3 aromatic rings. The van der Waals surface area contributed by atoms with E-state index in [1.807, 2.05) is 6.07 Å². The lowest BCUT2D eigenvalue weighted by molar-refractivity contribution is 0.195. The summed E-state index contributed by atoms with van der Waals surface area (Å²) in [5.41, 5.74) is 2.75. The van der Waals surface area contributed by atoms with Crippen LogP contribution in [0.15, 0.2) is 48.5 Å². The number of benzene rings is 2. The Kier molecular flexibility index (Phi) is 5.91. The zero-order chi connectivity index (χ0) is 18.5. The van der Waals surface area contributed by atoms with Crippen molar-refractivity contribution < 1.29 is 13.5 Å². The first-order valence-electron chi connectivity index (χ1n) is 8.15. The van der Waals surface area contributed by atoms with E-state index in [0.29, 0.717) is 30.1 Å². The molecule has 6 heteroatoms. The number of hydrogen-bond acceptors (Lipinski definition) is 3. The van der Waals surface area contributed by atoms with E-state index in [0.717, 1.165) is 17.7 Å². The Balaban J connectivity index is 2.04. The molecule has 0 unspecified atom stereocenters. The third-order valence-electron chi connectivity index (χ3n) is 3.88. The van der Waals surface area contributed by atoms with Crippen LogP contribution in [-0.2, 0) is 11.2 Å². The fourth-order valence-corrected chi connectivity index (χ4v) is 2.67. The minimum Gasteiger partial charge on any atom is -0.385 e. The van der Waals surface area contributed by atoms with Gasteiger partial charge < -0.3 is 4.74 Å². The van der Waals surface area contributed by atoms with Crippen molar-refractivity contribution in [1.29, 1.82) is 0 Å². The minimum atomic E-state index is -0.527. The van der Waals surface area contributed by atoms with Crippen LogP contribution in [0.3, 0.4) is 0 Å². The molecule has 0 amide bonds. The maximum absolute atomic E-state index is 13.8. The van der Waals surface area contributed by atoms with Crippen molar-refractivity contribution in [3.05, 3.63) is 70.9 Å². The smallest absolute Gasteiger partial charge is 0.160 e. The van der Waals surface area contributed by atoms with Gasteiger partial charge in [-0.05, 0) is 61.4 Å².